The number of halogens is 1. The van der Waals surface area contributed by atoms with Crippen molar-refractivity contribution in [1.29, 1.82) is 0 Å². The minimum atomic E-state index is -1.35. The molecule has 0 aromatic heterocycles. The van der Waals surface area contributed by atoms with E-state index in [0.29, 0.717) is 25.7 Å². The van der Waals surface area contributed by atoms with Gasteiger partial charge < -0.3 is 19.9 Å². The molecule has 1 amide bonds. The standard InChI is InChI=1S/C17H22FNO5/c1-23-13-9-11(12(18)10-14(13)24-2)15(20)19-17(16(21)22)7-5-3-4-6-8-17/h9-10H,3-8H2,1-2H3,(H,19,20)(H,21,22). The van der Waals surface area contributed by atoms with E-state index in [-0.39, 0.29) is 17.1 Å². The van der Waals surface area contributed by atoms with Crippen molar-refractivity contribution < 1.29 is 28.6 Å². The van der Waals surface area contributed by atoms with E-state index in [1.165, 1.54) is 20.3 Å². The van der Waals surface area contributed by atoms with Crippen LogP contribution < -0.4 is 14.8 Å². The Morgan fingerprint density at radius 3 is 2.12 bits per heavy atom. The number of methoxy groups -OCH3 is 2. The smallest absolute Gasteiger partial charge is 0.329 e. The Kier molecular flexibility index (Phi) is 5.64. The average molecular weight is 339 g/mol. The SMILES string of the molecule is COc1cc(F)c(C(=O)NC2(C(=O)O)CCCCCC2)cc1OC. The lowest BCUT2D eigenvalue weighted by atomic mass is 9.89. The summed E-state index contributed by atoms with van der Waals surface area (Å²) < 4.78 is 24.3. The fourth-order valence-electron chi connectivity index (χ4n) is 3.04. The van der Waals surface area contributed by atoms with Gasteiger partial charge in [0.25, 0.3) is 5.91 Å². The fraction of sp³-hybridized carbons (Fsp3) is 0.529. The molecule has 0 radical (unpaired) electrons. The fourth-order valence-corrected chi connectivity index (χ4v) is 3.04. The van der Waals surface area contributed by atoms with Crippen LogP contribution in [-0.4, -0.2) is 36.7 Å². The lowest BCUT2D eigenvalue weighted by molar-refractivity contribution is -0.145. The van der Waals surface area contributed by atoms with Crippen LogP contribution in [0.1, 0.15) is 48.9 Å². The maximum atomic E-state index is 14.2. The molecular weight excluding hydrogens is 317 g/mol. The van der Waals surface area contributed by atoms with Gasteiger partial charge >= 0.3 is 5.97 Å². The monoisotopic (exact) mass is 339 g/mol. The number of aliphatic carboxylic acids is 1. The number of carboxylic acid groups (broad SMARTS) is 1. The zero-order valence-electron chi connectivity index (χ0n) is 13.9. The Balaban J connectivity index is 2.32. The second kappa shape index (κ2) is 7.51. The summed E-state index contributed by atoms with van der Waals surface area (Å²) in [6.45, 7) is 0. The highest BCUT2D eigenvalue weighted by Gasteiger charge is 2.40. The summed E-state index contributed by atoms with van der Waals surface area (Å²) >= 11 is 0. The van der Waals surface area contributed by atoms with Crippen molar-refractivity contribution in [2.45, 2.75) is 44.1 Å². The van der Waals surface area contributed by atoms with Gasteiger partial charge in [0, 0.05) is 6.07 Å². The van der Waals surface area contributed by atoms with Crippen LogP contribution in [0.25, 0.3) is 0 Å². The molecule has 6 nitrogen and oxygen atoms in total. The van der Waals surface area contributed by atoms with Crippen LogP contribution >= 0.6 is 0 Å². The van der Waals surface area contributed by atoms with E-state index in [9.17, 15) is 19.1 Å². The molecule has 2 N–H and O–H groups in total. The van der Waals surface area contributed by atoms with Gasteiger partial charge in [-0.05, 0) is 18.9 Å². The molecule has 1 aromatic rings. The zero-order valence-corrected chi connectivity index (χ0v) is 13.9. The molecule has 24 heavy (non-hydrogen) atoms. The van der Waals surface area contributed by atoms with Gasteiger partial charge in [-0.1, -0.05) is 25.7 Å². The predicted octanol–water partition coefficient (Wildman–Crippen LogP) is 2.75. The molecule has 0 bridgehead atoms. The Bertz CT molecular complexity index is 624. The van der Waals surface area contributed by atoms with Crippen molar-refractivity contribution in [2.75, 3.05) is 14.2 Å². The number of amides is 1. The Morgan fingerprint density at radius 1 is 1.08 bits per heavy atom. The van der Waals surface area contributed by atoms with E-state index < -0.39 is 23.2 Å². The van der Waals surface area contributed by atoms with E-state index in [4.69, 9.17) is 9.47 Å². The topological polar surface area (TPSA) is 84.9 Å². The molecule has 0 aliphatic heterocycles. The van der Waals surface area contributed by atoms with Crippen LogP contribution in [0.4, 0.5) is 4.39 Å². The molecular formula is C17H22FNO5. The summed E-state index contributed by atoms with van der Waals surface area (Å²) in [6.07, 6.45) is 3.94. The number of carbonyl (C=O) groups excluding carboxylic acids is 1. The number of rotatable bonds is 5. The van der Waals surface area contributed by atoms with E-state index >= 15 is 0 Å². The molecule has 2 rings (SSSR count). The van der Waals surface area contributed by atoms with Crippen LogP contribution in [-0.2, 0) is 4.79 Å². The minimum absolute atomic E-state index is 0.161. The highest BCUT2D eigenvalue weighted by molar-refractivity contribution is 5.98. The molecule has 1 saturated carbocycles. The van der Waals surface area contributed by atoms with E-state index in [1.54, 1.807) is 0 Å². The lowest BCUT2D eigenvalue weighted by Gasteiger charge is -2.29. The van der Waals surface area contributed by atoms with Gasteiger partial charge in [-0.3, -0.25) is 4.79 Å². The summed E-state index contributed by atoms with van der Waals surface area (Å²) in [6, 6.07) is 2.27. The van der Waals surface area contributed by atoms with Crippen molar-refractivity contribution >= 4 is 11.9 Å². The third kappa shape index (κ3) is 3.60. The number of carboxylic acids is 1. The largest absolute Gasteiger partial charge is 0.493 e. The number of nitrogens with one attached hydrogen (secondary N) is 1. The van der Waals surface area contributed by atoms with E-state index in [2.05, 4.69) is 5.32 Å². The highest BCUT2D eigenvalue weighted by Crippen LogP contribution is 2.31. The Hall–Kier alpha value is -2.31. The van der Waals surface area contributed by atoms with Crippen molar-refractivity contribution in [2.24, 2.45) is 0 Å². The molecule has 1 aliphatic rings. The van der Waals surface area contributed by atoms with Gasteiger partial charge in [-0.25, -0.2) is 9.18 Å². The molecule has 0 spiro atoms. The minimum Gasteiger partial charge on any atom is -0.493 e. The normalized spacial score (nSPS) is 16.8. The first-order valence-electron chi connectivity index (χ1n) is 7.91. The third-order valence-electron chi connectivity index (χ3n) is 4.44. The quantitative estimate of drug-likeness (QED) is 0.806. The highest BCUT2D eigenvalue weighted by atomic mass is 19.1. The third-order valence-corrected chi connectivity index (χ3v) is 4.44. The first-order chi connectivity index (χ1) is 11.4. The molecule has 0 saturated heterocycles. The van der Waals surface area contributed by atoms with Crippen molar-refractivity contribution in [3.05, 3.63) is 23.5 Å². The second-order valence-electron chi connectivity index (χ2n) is 5.94. The molecule has 1 aliphatic carbocycles. The van der Waals surface area contributed by atoms with Gasteiger partial charge in [-0.15, -0.1) is 0 Å². The molecule has 0 unspecified atom stereocenters. The van der Waals surface area contributed by atoms with Crippen LogP contribution in [0.5, 0.6) is 11.5 Å². The van der Waals surface area contributed by atoms with Crippen LogP contribution in [0.2, 0.25) is 0 Å². The van der Waals surface area contributed by atoms with Crippen LogP contribution in [0.15, 0.2) is 12.1 Å². The summed E-state index contributed by atoms with van der Waals surface area (Å²) in [5.74, 6) is -2.28. The van der Waals surface area contributed by atoms with Gasteiger partial charge in [0.1, 0.15) is 11.4 Å². The zero-order chi connectivity index (χ0) is 17.7. The molecule has 0 heterocycles. The summed E-state index contributed by atoms with van der Waals surface area (Å²) in [7, 11) is 2.74. The number of benzene rings is 1. The Labute approximate surface area is 139 Å². The molecule has 7 heteroatoms. The van der Waals surface area contributed by atoms with Crippen LogP contribution in [0.3, 0.4) is 0 Å². The van der Waals surface area contributed by atoms with E-state index in [0.717, 1.165) is 18.9 Å². The Morgan fingerprint density at radius 2 is 1.62 bits per heavy atom. The van der Waals surface area contributed by atoms with Gasteiger partial charge in [-0.2, -0.15) is 0 Å². The summed E-state index contributed by atoms with van der Waals surface area (Å²) in [5, 5.41) is 12.2. The first-order valence-corrected chi connectivity index (χ1v) is 7.91. The predicted molar refractivity (Wildman–Crippen MR) is 85.0 cm³/mol. The van der Waals surface area contributed by atoms with Crippen molar-refractivity contribution in [1.82, 2.24) is 5.32 Å². The van der Waals surface area contributed by atoms with Crippen molar-refractivity contribution in [3.63, 3.8) is 0 Å². The molecule has 0 atom stereocenters. The maximum absolute atomic E-state index is 14.2. The number of hydrogen-bond donors (Lipinski definition) is 2. The van der Waals surface area contributed by atoms with Gasteiger partial charge in [0.15, 0.2) is 11.5 Å². The summed E-state index contributed by atoms with van der Waals surface area (Å²) in [4.78, 5) is 24.3. The molecule has 132 valence electrons. The second-order valence-corrected chi connectivity index (χ2v) is 5.94. The lowest BCUT2D eigenvalue weighted by Crippen LogP contribution is -2.54. The average Bonchev–Trinajstić information content (AvgIpc) is 2.80. The summed E-state index contributed by atoms with van der Waals surface area (Å²) in [5.41, 5.74) is -1.62. The first kappa shape index (κ1) is 18.0. The number of ether oxygens (including phenoxy) is 2. The maximum Gasteiger partial charge on any atom is 0.329 e. The molecule has 1 fully saturated rings. The van der Waals surface area contributed by atoms with Crippen molar-refractivity contribution in [3.8, 4) is 11.5 Å². The van der Waals surface area contributed by atoms with Crippen LogP contribution in [0, 0.1) is 5.82 Å². The number of hydrogen-bond acceptors (Lipinski definition) is 4. The molecule has 1 aromatic carbocycles. The van der Waals surface area contributed by atoms with Gasteiger partial charge in [0.2, 0.25) is 0 Å². The van der Waals surface area contributed by atoms with Gasteiger partial charge in [0.05, 0.1) is 19.8 Å². The number of carbonyl (C=O) groups is 2. The van der Waals surface area contributed by atoms with E-state index in [1.807, 2.05) is 0 Å².